The van der Waals surface area contributed by atoms with Gasteiger partial charge in [-0.1, -0.05) is 31.3 Å². The van der Waals surface area contributed by atoms with Crippen LogP contribution in [0.25, 0.3) is 10.2 Å². The van der Waals surface area contributed by atoms with Crippen molar-refractivity contribution in [2.24, 2.45) is 0 Å². The van der Waals surface area contributed by atoms with E-state index in [1.165, 1.54) is 17.4 Å². The van der Waals surface area contributed by atoms with Crippen LogP contribution in [0, 0.1) is 0 Å². The van der Waals surface area contributed by atoms with E-state index in [1.807, 2.05) is 13.8 Å². The molecule has 0 N–H and O–H groups in total. The smallest absolute Gasteiger partial charge is 0.260 e. The average molecular weight is 565 g/mol. The van der Waals surface area contributed by atoms with Crippen LogP contribution < -0.4 is 9.80 Å². The number of thiazole rings is 1. The Hall–Kier alpha value is -2.86. The molecule has 0 radical (unpaired) electrons. The fraction of sp³-hybridized carbons (Fsp3) is 0.360. The summed E-state index contributed by atoms with van der Waals surface area (Å²) < 4.78 is 24.7. The van der Waals surface area contributed by atoms with E-state index in [1.54, 1.807) is 41.3 Å². The van der Waals surface area contributed by atoms with Crippen molar-refractivity contribution in [1.82, 2.24) is 9.88 Å². The van der Waals surface area contributed by atoms with E-state index in [4.69, 9.17) is 0 Å². The molecule has 0 aliphatic carbocycles. The number of hydrogen-bond donors (Lipinski definition) is 0. The van der Waals surface area contributed by atoms with Crippen LogP contribution in [0.4, 0.5) is 10.8 Å². The van der Waals surface area contributed by atoms with Gasteiger partial charge < -0.3 is 4.90 Å². The van der Waals surface area contributed by atoms with Crippen molar-refractivity contribution in [2.75, 3.05) is 42.2 Å². The zero-order chi connectivity index (χ0) is 26.0. The number of likely N-dealkylation sites (N-methyl/N-ethyl adjacent to an activating group) is 1. The third-order valence-corrected chi connectivity index (χ3v) is 8.34. The molecule has 1 aliphatic rings. The maximum Gasteiger partial charge on any atom is 0.260 e. The maximum atomic E-state index is 13.8. The second-order valence-electron chi connectivity index (χ2n) is 8.56. The number of aromatic nitrogens is 1. The van der Waals surface area contributed by atoms with Crippen LogP contribution in [0.5, 0.6) is 0 Å². The molecule has 0 atom stereocenters. The normalized spacial score (nSPS) is 13.9. The highest BCUT2D eigenvalue weighted by Gasteiger charge is 2.31. The van der Waals surface area contributed by atoms with Crippen molar-refractivity contribution in [3.63, 3.8) is 0 Å². The second kappa shape index (κ2) is 11.7. The van der Waals surface area contributed by atoms with Crippen LogP contribution in [0.1, 0.15) is 37.0 Å². The number of imide groups is 1. The monoisotopic (exact) mass is 564 g/mol. The molecule has 0 saturated carbocycles. The van der Waals surface area contributed by atoms with E-state index in [2.05, 4.69) is 9.88 Å². The van der Waals surface area contributed by atoms with Gasteiger partial charge in [-0.2, -0.15) is 0 Å². The van der Waals surface area contributed by atoms with Gasteiger partial charge in [0.1, 0.15) is 0 Å². The Bertz CT molecular complexity index is 1420. The van der Waals surface area contributed by atoms with Crippen LogP contribution in [0.3, 0.4) is 0 Å². The lowest BCUT2D eigenvalue weighted by Crippen LogP contribution is -2.39. The predicted molar refractivity (Wildman–Crippen MR) is 148 cm³/mol. The van der Waals surface area contributed by atoms with Gasteiger partial charge in [-0.25, -0.2) is 13.4 Å². The lowest BCUT2D eigenvalue weighted by Gasteiger charge is -2.25. The van der Waals surface area contributed by atoms with Crippen molar-refractivity contribution in [1.29, 1.82) is 0 Å². The van der Waals surface area contributed by atoms with Gasteiger partial charge in [-0.3, -0.25) is 24.2 Å². The van der Waals surface area contributed by atoms with Gasteiger partial charge in [-0.15, -0.1) is 12.4 Å². The van der Waals surface area contributed by atoms with E-state index in [-0.39, 0.29) is 47.9 Å². The maximum absolute atomic E-state index is 13.8. The standard InChI is InChI=1S/C25H28N4O5S2.ClH/c1-4-27(5-2)13-14-28(25-26-20-10-9-19(36(3,33)34)16-21(20)35-25)24(32)17-7-6-8-18(15-17)29-22(30)11-12-23(29)31;/h6-10,15-16H,4-5,11-14H2,1-3H3;1H. The second-order valence-corrected chi connectivity index (χ2v) is 11.6. The summed E-state index contributed by atoms with van der Waals surface area (Å²) in [6, 6.07) is 11.2. The molecule has 0 unspecified atom stereocenters. The van der Waals surface area contributed by atoms with Crippen molar-refractivity contribution in [3.05, 3.63) is 48.0 Å². The van der Waals surface area contributed by atoms with Gasteiger partial charge >= 0.3 is 0 Å². The molecule has 0 bridgehead atoms. The summed E-state index contributed by atoms with van der Waals surface area (Å²) in [4.78, 5) is 47.9. The summed E-state index contributed by atoms with van der Waals surface area (Å²) >= 11 is 1.25. The van der Waals surface area contributed by atoms with Crippen molar-refractivity contribution >= 4 is 72.3 Å². The largest absolute Gasteiger partial charge is 0.302 e. The lowest BCUT2D eigenvalue weighted by atomic mass is 10.1. The van der Waals surface area contributed by atoms with Crippen molar-refractivity contribution in [2.45, 2.75) is 31.6 Å². The number of hydrogen-bond acceptors (Lipinski definition) is 8. The first-order valence-corrected chi connectivity index (χ1v) is 14.4. The third kappa shape index (κ3) is 6.18. The molecule has 4 rings (SSSR count). The molecule has 1 aromatic heterocycles. The van der Waals surface area contributed by atoms with Crippen LogP contribution in [0.15, 0.2) is 47.4 Å². The fourth-order valence-corrected chi connectivity index (χ4v) is 5.85. The van der Waals surface area contributed by atoms with Gasteiger partial charge in [0.25, 0.3) is 5.91 Å². The Labute approximate surface area is 226 Å². The number of carbonyl (C=O) groups is 3. The van der Waals surface area contributed by atoms with Gasteiger partial charge in [0.15, 0.2) is 15.0 Å². The molecule has 1 aliphatic heterocycles. The van der Waals surface area contributed by atoms with Crippen molar-refractivity contribution < 1.29 is 22.8 Å². The zero-order valence-electron chi connectivity index (χ0n) is 20.8. The first-order valence-electron chi connectivity index (χ1n) is 11.7. The molecule has 198 valence electrons. The average Bonchev–Trinajstić information content (AvgIpc) is 3.43. The Morgan fingerprint density at radius 2 is 1.70 bits per heavy atom. The van der Waals surface area contributed by atoms with Gasteiger partial charge in [0.05, 0.1) is 20.8 Å². The minimum Gasteiger partial charge on any atom is -0.302 e. The minimum atomic E-state index is -3.38. The van der Waals surface area contributed by atoms with Gasteiger partial charge in [0.2, 0.25) is 11.8 Å². The molecular formula is C25H29ClN4O5S2. The highest BCUT2D eigenvalue weighted by Crippen LogP contribution is 2.32. The molecule has 1 saturated heterocycles. The number of benzene rings is 2. The van der Waals surface area contributed by atoms with Crippen LogP contribution in [-0.2, 0) is 19.4 Å². The molecule has 2 heterocycles. The number of halogens is 1. The van der Waals surface area contributed by atoms with Gasteiger partial charge in [0, 0.05) is 37.8 Å². The summed E-state index contributed by atoms with van der Waals surface area (Å²) in [6.07, 6.45) is 1.47. The summed E-state index contributed by atoms with van der Waals surface area (Å²) in [6.45, 7) is 6.73. The minimum absolute atomic E-state index is 0. The van der Waals surface area contributed by atoms with E-state index >= 15 is 0 Å². The van der Waals surface area contributed by atoms with E-state index < -0.39 is 9.84 Å². The highest BCUT2D eigenvalue weighted by molar-refractivity contribution is 7.90. The summed E-state index contributed by atoms with van der Waals surface area (Å²) in [7, 11) is -3.38. The molecule has 3 aromatic rings. The first-order chi connectivity index (χ1) is 17.1. The zero-order valence-corrected chi connectivity index (χ0v) is 23.3. The number of carbonyl (C=O) groups excluding carboxylic acids is 3. The summed E-state index contributed by atoms with van der Waals surface area (Å²) in [5, 5.41) is 0.450. The topological polar surface area (TPSA) is 108 Å². The number of rotatable bonds is 9. The Kier molecular flexibility index (Phi) is 9.06. The van der Waals surface area contributed by atoms with Crippen LogP contribution >= 0.6 is 23.7 Å². The molecule has 0 spiro atoms. The molecule has 1 fully saturated rings. The van der Waals surface area contributed by atoms with Gasteiger partial charge in [-0.05, 0) is 49.5 Å². The molecular weight excluding hydrogens is 536 g/mol. The number of fused-ring (bicyclic) bond motifs is 1. The van der Waals surface area contributed by atoms with E-state index in [0.29, 0.717) is 39.7 Å². The summed E-state index contributed by atoms with van der Waals surface area (Å²) in [5.74, 6) is -0.878. The third-order valence-electron chi connectivity index (χ3n) is 6.19. The molecule has 9 nitrogen and oxygen atoms in total. The Balaban J connectivity index is 0.00000380. The number of nitrogens with zero attached hydrogens (tertiary/aromatic N) is 4. The predicted octanol–water partition coefficient (Wildman–Crippen LogP) is 3.76. The Morgan fingerprint density at radius 1 is 1.03 bits per heavy atom. The lowest BCUT2D eigenvalue weighted by molar-refractivity contribution is -0.121. The molecule has 2 aromatic carbocycles. The van der Waals surface area contributed by atoms with Crippen LogP contribution in [0.2, 0.25) is 0 Å². The number of amides is 3. The molecule has 3 amide bonds. The number of sulfone groups is 1. The van der Waals surface area contributed by atoms with E-state index in [0.717, 1.165) is 24.2 Å². The SMILES string of the molecule is CCN(CC)CCN(C(=O)c1cccc(N2C(=O)CCC2=O)c1)c1nc2ccc(S(C)(=O)=O)cc2s1.Cl. The molecule has 37 heavy (non-hydrogen) atoms. The molecule has 12 heteroatoms. The van der Waals surface area contributed by atoms with E-state index in [9.17, 15) is 22.8 Å². The quantitative estimate of drug-likeness (QED) is 0.364. The first kappa shape index (κ1) is 28.7. The summed E-state index contributed by atoms with van der Waals surface area (Å²) in [5.41, 5.74) is 1.31. The number of anilines is 2. The fourth-order valence-electron chi connectivity index (χ4n) is 4.10. The van der Waals surface area contributed by atoms with Crippen molar-refractivity contribution in [3.8, 4) is 0 Å². The van der Waals surface area contributed by atoms with Crippen LogP contribution in [-0.4, -0.2) is 68.5 Å². The highest BCUT2D eigenvalue weighted by atomic mass is 35.5. The Morgan fingerprint density at radius 3 is 2.32 bits per heavy atom.